The number of hydrogen-bond acceptors (Lipinski definition) is 6. The van der Waals surface area contributed by atoms with Gasteiger partial charge in [0.05, 0.1) is 7.11 Å². The second-order valence-electron chi connectivity index (χ2n) is 7.16. The molecule has 0 unspecified atom stereocenters. The van der Waals surface area contributed by atoms with Gasteiger partial charge in [0.25, 0.3) is 5.91 Å². The van der Waals surface area contributed by atoms with Crippen LogP contribution in [0.15, 0.2) is 48.5 Å². The summed E-state index contributed by atoms with van der Waals surface area (Å²) in [4.78, 5) is 21.5. The van der Waals surface area contributed by atoms with Crippen LogP contribution in [0.2, 0.25) is 0 Å². The highest BCUT2D eigenvalue weighted by atomic mass is 32.1. The summed E-state index contributed by atoms with van der Waals surface area (Å²) in [6.45, 7) is 4.97. The first-order valence-electron chi connectivity index (χ1n) is 9.69. The molecule has 7 heteroatoms. The topological polar surface area (TPSA) is 58.6 Å². The third-order valence-corrected chi connectivity index (χ3v) is 5.93. The van der Waals surface area contributed by atoms with E-state index in [2.05, 4.69) is 40.5 Å². The number of aryl methyl sites for hydroxylation is 1. The molecule has 0 bridgehead atoms. The summed E-state index contributed by atoms with van der Waals surface area (Å²) in [6.07, 6.45) is 0.743. The van der Waals surface area contributed by atoms with Crippen molar-refractivity contribution < 1.29 is 9.53 Å². The lowest BCUT2D eigenvalue weighted by Gasteiger charge is -2.34. The Morgan fingerprint density at radius 1 is 1.03 bits per heavy atom. The molecule has 0 radical (unpaired) electrons. The van der Waals surface area contributed by atoms with Gasteiger partial charge in [-0.1, -0.05) is 29.8 Å². The van der Waals surface area contributed by atoms with E-state index in [0.717, 1.165) is 36.2 Å². The highest BCUT2D eigenvalue weighted by molar-refractivity contribution is 7.09. The number of carbonyl (C=O) groups excluding carboxylic acids is 1. The zero-order chi connectivity index (χ0) is 20.2. The average molecular weight is 409 g/mol. The number of methoxy groups -OCH3 is 1. The Kier molecular flexibility index (Phi) is 5.76. The first kappa shape index (κ1) is 19.4. The van der Waals surface area contributed by atoms with Crippen LogP contribution in [-0.4, -0.2) is 53.5 Å². The van der Waals surface area contributed by atoms with Crippen LogP contribution >= 0.6 is 11.5 Å². The number of hydrogen-bond donors (Lipinski definition) is 0. The Balaban J connectivity index is 1.34. The largest absolute Gasteiger partial charge is 0.497 e. The lowest BCUT2D eigenvalue weighted by molar-refractivity contribution is 0.0746. The van der Waals surface area contributed by atoms with E-state index in [-0.39, 0.29) is 5.91 Å². The molecule has 0 aliphatic carbocycles. The van der Waals surface area contributed by atoms with Crippen molar-refractivity contribution >= 4 is 22.6 Å². The molecule has 1 aliphatic heterocycles. The maximum Gasteiger partial charge on any atom is 0.253 e. The minimum absolute atomic E-state index is 0.0598. The maximum atomic E-state index is 12.7. The highest BCUT2D eigenvalue weighted by Crippen LogP contribution is 2.21. The molecule has 1 saturated heterocycles. The molecule has 2 aromatic carbocycles. The molecule has 0 spiro atoms. The minimum Gasteiger partial charge on any atom is -0.497 e. The van der Waals surface area contributed by atoms with Crippen molar-refractivity contribution in [2.24, 2.45) is 0 Å². The second-order valence-corrected chi connectivity index (χ2v) is 7.89. The third kappa shape index (κ3) is 4.56. The molecule has 1 aromatic heterocycles. The number of piperazine rings is 1. The first-order chi connectivity index (χ1) is 14.1. The lowest BCUT2D eigenvalue weighted by Crippen LogP contribution is -2.48. The van der Waals surface area contributed by atoms with Crippen molar-refractivity contribution in [1.82, 2.24) is 14.3 Å². The van der Waals surface area contributed by atoms with Crippen LogP contribution in [0, 0.1) is 6.92 Å². The monoisotopic (exact) mass is 408 g/mol. The van der Waals surface area contributed by atoms with Crippen LogP contribution in [0.3, 0.4) is 0 Å². The van der Waals surface area contributed by atoms with E-state index < -0.39 is 0 Å². The van der Waals surface area contributed by atoms with Crippen molar-refractivity contribution in [3.05, 3.63) is 71.0 Å². The fourth-order valence-electron chi connectivity index (χ4n) is 3.35. The van der Waals surface area contributed by atoms with E-state index >= 15 is 0 Å². The summed E-state index contributed by atoms with van der Waals surface area (Å²) < 4.78 is 9.68. The Bertz CT molecular complexity index is 961. The van der Waals surface area contributed by atoms with Crippen LogP contribution in [-0.2, 0) is 6.42 Å². The normalized spacial score (nSPS) is 14.1. The average Bonchev–Trinajstić information content (AvgIpc) is 3.23. The standard InChI is InChI=1S/C22H24N4O2S/c1-16-3-5-17(6-4-16)15-20-23-22(29-24-20)26-13-11-25(12-14-26)21(27)18-7-9-19(28-2)10-8-18/h3-10H,11-15H2,1-2H3. The molecule has 1 aliphatic rings. The number of benzene rings is 2. The molecule has 1 amide bonds. The number of aromatic nitrogens is 2. The van der Waals surface area contributed by atoms with Gasteiger partial charge >= 0.3 is 0 Å². The Morgan fingerprint density at radius 3 is 2.38 bits per heavy atom. The Hall–Kier alpha value is -2.93. The predicted molar refractivity (Wildman–Crippen MR) is 115 cm³/mol. The van der Waals surface area contributed by atoms with Crippen LogP contribution in [0.5, 0.6) is 5.75 Å². The third-order valence-electron chi connectivity index (χ3n) is 5.11. The van der Waals surface area contributed by atoms with Gasteiger partial charge in [-0.2, -0.15) is 4.37 Å². The van der Waals surface area contributed by atoms with Crippen LogP contribution < -0.4 is 9.64 Å². The van der Waals surface area contributed by atoms with E-state index in [1.807, 2.05) is 29.2 Å². The van der Waals surface area contributed by atoms with Gasteiger partial charge in [-0.3, -0.25) is 4.79 Å². The number of carbonyl (C=O) groups is 1. The first-order valence-corrected chi connectivity index (χ1v) is 10.5. The maximum absolute atomic E-state index is 12.7. The van der Waals surface area contributed by atoms with E-state index in [1.165, 1.54) is 22.7 Å². The van der Waals surface area contributed by atoms with E-state index in [9.17, 15) is 4.79 Å². The van der Waals surface area contributed by atoms with Crippen LogP contribution in [0.4, 0.5) is 5.13 Å². The Labute approximate surface area is 174 Å². The molecular weight excluding hydrogens is 384 g/mol. The fraction of sp³-hybridized carbons (Fsp3) is 0.318. The summed E-state index contributed by atoms with van der Waals surface area (Å²) in [5.41, 5.74) is 3.16. The predicted octanol–water partition coefficient (Wildman–Crippen LogP) is 3.41. The molecule has 0 N–H and O–H groups in total. The molecule has 0 atom stereocenters. The molecule has 150 valence electrons. The fourth-order valence-corrected chi connectivity index (χ4v) is 4.09. The van der Waals surface area contributed by atoms with Gasteiger partial charge in [-0.05, 0) is 36.8 Å². The number of amides is 1. The summed E-state index contributed by atoms with van der Waals surface area (Å²) >= 11 is 1.44. The van der Waals surface area contributed by atoms with Gasteiger partial charge in [0.2, 0.25) is 5.13 Å². The van der Waals surface area contributed by atoms with Crippen molar-refractivity contribution in [2.45, 2.75) is 13.3 Å². The summed E-state index contributed by atoms with van der Waals surface area (Å²) in [5, 5.41) is 0.934. The number of ether oxygens (including phenoxy) is 1. The lowest BCUT2D eigenvalue weighted by atomic mass is 10.1. The van der Waals surface area contributed by atoms with Gasteiger partial charge in [-0.25, -0.2) is 4.98 Å². The van der Waals surface area contributed by atoms with Crippen molar-refractivity contribution in [2.75, 3.05) is 38.2 Å². The zero-order valence-corrected chi connectivity index (χ0v) is 17.5. The van der Waals surface area contributed by atoms with Gasteiger partial charge in [0.15, 0.2) is 0 Å². The van der Waals surface area contributed by atoms with Crippen LogP contribution in [0.1, 0.15) is 27.3 Å². The number of anilines is 1. The van der Waals surface area contributed by atoms with E-state index in [0.29, 0.717) is 18.7 Å². The molecule has 6 nitrogen and oxygen atoms in total. The van der Waals surface area contributed by atoms with Crippen molar-refractivity contribution in [1.29, 1.82) is 0 Å². The SMILES string of the molecule is COc1ccc(C(=O)N2CCN(c3nc(Cc4ccc(C)cc4)ns3)CC2)cc1. The van der Waals surface area contributed by atoms with Gasteiger partial charge in [-0.15, -0.1) is 0 Å². The van der Waals surface area contributed by atoms with Crippen molar-refractivity contribution in [3.63, 3.8) is 0 Å². The molecule has 3 aromatic rings. The van der Waals surface area contributed by atoms with Gasteiger partial charge in [0.1, 0.15) is 11.6 Å². The summed E-state index contributed by atoms with van der Waals surface area (Å²) in [6, 6.07) is 15.7. The molecule has 1 fully saturated rings. The smallest absolute Gasteiger partial charge is 0.253 e. The molecule has 0 saturated carbocycles. The van der Waals surface area contributed by atoms with Crippen LogP contribution in [0.25, 0.3) is 0 Å². The summed E-state index contributed by atoms with van der Waals surface area (Å²) in [7, 11) is 1.62. The number of rotatable bonds is 5. The second kappa shape index (κ2) is 8.61. The molecule has 29 heavy (non-hydrogen) atoms. The zero-order valence-electron chi connectivity index (χ0n) is 16.7. The Morgan fingerprint density at radius 2 is 1.72 bits per heavy atom. The quantitative estimate of drug-likeness (QED) is 0.648. The molecule has 2 heterocycles. The van der Waals surface area contributed by atoms with Gasteiger partial charge < -0.3 is 14.5 Å². The number of nitrogens with zero attached hydrogens (tertiary/aromatic N) is 4. The summed E-state index contributed by atoms with van der Waals surface area (Å²) in [5.74, 6) is 1.67. The van der Waals surface area contributed by atoms with E-state index in [1.54, 1.807) is 7.11 Å². The highest BCUT2D eigenvalue weighted by Gasteiger charge is 2.24. The molecule has 4 rings (SSSR count). The van der Waals surface area contributed by atoms with Crippen molar-refractivity contribution in [3.8, 4) is 5.75 Å². The van der Waals surface area contributed by atoms with Gasteiger partial charge in [0, 0.05) is 49.7 Å². The van der Waals surface area contributed by atoms with E-state index in [4.69, 9.17) is 9.72 Å². The minimum atomic E-state index is 0.0598. The molecular formula is C22H24N4O2S.